The number of hydrogen-bond acceptors (Lipinski definition) is 5. The molecule has 0 saturated carbocycles. The average molecular weight is 342 g/mol. The number of rotatable bonds is 7. The molecule has 2 rings (SSSR count). The molecule has 0 unspecified atom stereocenters. The van der Waals surface area contributed by atoms with Crippen molar-refractivity contribution in [1.29, 1.82) is 0 Å². The molecule has 0 aromatic heterocycles. The van der Waals surface area contributed by atoms with E-state index in [2.05, 4.69) is 5.32 Å². The van der Waals surface area contributed by atoms with Crippen LogP contribution in [0.3, 0.4) is 0 Å². The minimum atomic E-state index is -0.470. The fourth-order valence-corrected chi connectivity index (χ4v) is 2.12. The summed E-state index contributed by atoms with van der Waals surface area (Å²) in [6.45, 7) is 0.302. The molecule has 0 aliphatic heterocycles. The largest absolute Gasteiger partial charge is 0.497 e. The normalized spacial score (nSPS) is 10.5. The van der Waals surface area contributed by atoms with Crippen LogP contribution in [0.5, 0.6) is 11.5 Å². The van der Waals surface area contributed by atoms with Crippen molar-refractivity contribution >= 4 is 17.7 Å². The molecule has 0 saturated heterocycles. The van der Waals surface area contributed by atoms with Gasteiger partial charge in [0.2, 0.25) is 5.91 Å². The summed E-state index contributed by atoms with van der Waals surface area (Å²) in [5.74, 6) is 1.01. The van der Waals surface area contributed by atoms with Crippen LogP contribution in [-0.4, -0.2) is 25.1 Å². The van der Waals surface area contributed by atoms with E-state index in [1.165, 1.54) is 18.2 Å². The smallest absolute Gasteiger partial charge is 0.269 e. The molecule has 7 heteroatoms. The third kappa shape index (κ3) is 5.07. The van der Waals surface area contributed by atoms with Crippen LogP contribution in [0.25, 0.3) is 6.08 Å². The fraction of sp³-hybridized carbons (Fsp3) is 0.167. The number of nitro benzene ring substituents is 1. The summed E-state index contributed by atoms with van der Waals surface area (Å²) in [6, 6.07) is 11.3. The third-order valence-electron chi connectivity index (χ3n) is 3.48. The maximum atomic E-state index is 11.9. The number of carbonyl (C=O) groups is 1. The lowest BCUT2D eigenvalue weighted by Gasteiger charge is -2.10. The van der Waals surface area contributed by atoms with Gasteiger partial charge in [-0.25, -0.2) is 0 Å². The summed E-state index contributed by atoms with van der Waals surface area (Å²) in [4.78, 5) is 22.0. The zero-order valence-electron chi connectivity index (χ0n) is 13.9. The highest BCUT2D eigenvalue weighted by Crippen LogP contribution is 2.24. The average Bonchev–Trinajstić information content (AvgIpc) is 2.64. The van der Waals surface area contributed by atoms with Crippen molar-refractivity contribution < 1.29 is 19.2 Å². The number of ether oxygens (including phenoxy) is 2. The van der Waals surface area contributed by atoms with Crippen LogP contribution < -0.4 is 14.8 Å². The number of hydrogen-bond donors (Lipinski definition) is 1. The Hall–Kier alpha value is -3.35. The number of amides is 1. The van der Waals surface area contributed by atoms with Crippen molar-refractivity contribution in [3.05, 3.63) is 69.8 Å². The molecule has 1 amide bonds. The summed E-state index contributed by atoms with van der Waals surface area (Å²) >= 11 is 0. The first-order valence-corrected chi connectivity index (χ1v) is 7.44. The molecule has 0 bridgehead atoms. The Bertz CT molecular complexity index is 785. The highest BCUT2D eigenvalue weighted by molar-refractivity contribution is 5.91. The van der Waals surface area contributed by atoms with Gasteiger partial charge in [0.15, 0.2) is 0 Å². The second kappa shape index (κ2) is 8.49. The molecular formula is C18H18N2O5. The Morgan fingerprint density at radius 2 is 1.88 bits per heavy atom. The van der Waals surface area contributed by atoms with Crippen molar-refractivity contribution in [1.82, 2.24) is 5.32 Å². The van der Waals surface area contributed by atoms with E-state index in [1.807, 2.05) is 6.07 Å². The third-order valence-corrected chi connectivity index (χ3v) is 3.48. The van der Waals surface area contributed by atoms with Gasteiger partial charge in [-0.2, -0.15) is 0 Å². The second-order valence-corrected chi connectivity index (χ2v) is 5.08. The summed E-state index contributed by atoms with van der Waals surface area (Å²) in [6.07, 6.45) is 2.96. The molecular weight excluding hydrogens is 324 g/mol. The highest BCUT2D eigenvalue weighted by Gasteiger charge is 2.06. The standard InChI is InChI=1S/C18H18N2O5/c1-24-16-9-6-14(17(11-16)25-2)12-19-18(21)10-5-13-3-7-15(8-4-13)20(22)23/h3-11H,12H2,1-2H3,(H,19,21)/b10-5+. The minimum Gasteiger partial charge on any atom is -0.497 e. The first-order chi connectivity index (χ1) is 12.0. The van der Waals surface area contributed by atoms with E-state index in [-0.39, 0.29) is 11.6 Å². The van der Waals surface area contributed by atoms with Crippen LogP contribution in [0.2, 0.25) is 0 Å². The Morgan fingerprint density at radius 3 is 2.48 bits per heavy atom. The molecule has 0 aliphatic carbocycles. The molecule has 2 aromatic carbocycles. The number of benzene rings is 2. The maximum Gasteiger partial charge on any atom is 0.269 e. The molecule has 2 aromatic rings. The van der Waals surface area contributed by atoms with Gasteiger partial charge in [0.1, 0.15) is 11.5 Å². The van der Waals surface area contributed by atoms with Crippen molar-refractivity contribution in [3.8, 4) is 11.5 Å². The molecule has 25 heavy (non-hydrogen) atoms. The Morgan fingerprint density at radius 1 is 1.16 bits per heavy atom. The van der Waals surface area contributed by atoms with E-state index in [1.54, 1.807) is 44.6 Å². The van der Waals surface area contributed by atoms with E-state index in [9.17, 15) is 14.9 Å². The lowest BCUT2D eigenvalue weighted by Crippen LogP contribution is -2.20. The predicted octanol–water partition coefficient (Wildman–Crippen LogP) is 2.94. The van der Waals surface area contributed by atoms with Gasteiger partial charge in [0, 0.05) is 36.4 Å². The molecule has 1 N–H and O–H groups in total. The number of methoxy groups -OCH3 is 2. The zero-order valence-corrected chi connectivity index (χ0v) is 13.9. The maximum absolute atomic E-state index is 11.9. The molecule has 0 heterocycles. The monoisotopic (exact) mass is 342 g/mol. The van der Waals surface area contributed by atoms with Crippen LogP contribution >= 0.6 is 0 Å². The zero-order chi connectivity index (χ0) is 18.2. The van der Waals surface area contributed by atoms with Gasteiger partial charge in [-0.3, -0.25) is 14.9 Å². The quantitative estimate of drug-likeness (QED) is 0.474. The number of non-ortho nitro benzene ring substituents is 1. The molecule has 0 aliphatic rings. The molecule has 0 radical (unpaired) electrons. The van der Waals surface area contributed by atoms with Crippen LogP contribution in [-0.2, 0) is 11.3 Å². The van der Waals surface area contributed by atoms with E-state index in [4.69, 9.17) is 9.47 Å². The summed E-state index contributed by atoms with van der Waals surface area (Å²) in [7, 11) is 3.12. The van der Waals surface area contributed by atoms with E-state index >= 15 is 0 Å². The van der Waals surface area contributed by atoms with Crippen LogP contribution in [0, 0.1) is 10.1 Å². The van der Waals surface area contributed by atoms with Crippen molar-refractivity contribution in [2.75, 3.05) is 14.2 Å². The van der Waals surface area contributed by atoms with Gasteiger partial charge >= 0.3 is 0 Å². The van der Waals surface area contributed by atoms with E-state index < -0.39 is 4.92 Å². The van der Waals surface area contributed by atoms with Gasteiger partial charge in [-0.1, -0.05) is 0 Å². The Labute approximate surface area is 145 Å². The van der Waals surface area contributed by atoms with Crippen molar-refractivity contribution in [3.63, 3.8) is 0 Å². The van der Waals surface area contributed by atoms with Gasteiger partial charge in [0.05, 0.1) is 19.1 Å². The topological polar surface area (TPSA) is 90.7 Å². The van der Waals surface area contributed by atoms with E-state index in [0.29, 0.717) is 23.6 Å². The van der Waals surface area contributed by atoms with Crippen LogP contribution in [0.4, 0.5) is 5.69 Å². The Balaban J connectivity index is 1.95. The fourth-order valence-electron chi connectivity index (χ4n) is 2.12. The summed E-state index contributed by atoms with van der Waals surface area (Å²) < 4.78 is 10.4. The SMILES string of the molecule is COc1ccc(CNC(=O)/C=C/c2ccc([N+](=O)[O-])cc2)c(OC)c1. The highest BCUT2D eigenvalue weighted by atomic mass is 16.6. The number of nitrogens with zero attached hydrogens (tertiary/aromatic N) is 1. The summed E-state index contributed by atoms with van der Waals surface area (Å²) in [5.41, 5.74) is 1.52. The molecule has 130 valence electrons. The first-order valence-electron chi connectivity index (χ1n) is 7.44. The minimum absolute atomic E-state index is 0.00759. The molecule has 0 atom stereocenters. The first kappa shape index (κ1) is 18.0. The summed E-state index contributed by atoms with van der Waals surface area (Å²) in [5, 5.41) is 13.4. The van der Waals surface area contributed by atoms with E-state index in [0.717, 1.165) is 5.56 Å². The lowest BCUT2D eigenvalue weighted by atomic mass is 10.2. The lowest BCUT2D eigenvalue weighted by molar-refractivity contribution is -0.384. The van der Waals surface area contributed by atoms with Crippen LogP contribution in [0.1, 0.15) is 11.1 Å². The molecule has 7 nitrogen and oxygen atoms in total. The predicted molar refractivity (Wildman–Crippen MR) is 93.5 cm³/mol. The Kier molecular flexibility index (Phi) is 6.11. The van der Waals surface area contributed by atoms with Crippen molar-refractivity contribution in [2.24, 2.45) is 0 Å². The van der Waals surface area contributed by atoms with Gasteiger partial charge in [0.25, 0.3) is 5.69 Å². The second-order valence-electron chi connectivity index (χ2n) is 5.08. The number of carbonyl (C=O) groups excluding carboxylic acids is 1. The molecule has 0 fully saturated rings. The molecule has 0 spiro atoms. The van der Waals surface area contributed by atoms with Gasteiger partial charge in [-0.05, 0) is 35.9 Å². The number of nitrogens with one attached hydrogen (secondary N) is 1. The van der Waals surface area contributed by atoms with Crippen molar-refractivity contribution in [2.45, 2.75) is 6.54 Å². The number of nitro groups is 1. The van der Waals surface area contributed by atoms with Crippen LogP contribution in [0.15, 0.2) is 48.5 Å². The van der Waals surface area contributed by atoms with Gasteiger partial charge < -0.3 is 14.8 Å². The van der Waals surface area contributed by atoms with Gasteiger partial charge in [-0.15, -0.1) is 0 Å².